The molecule has 0 rings (SSSR count). The molecule has 0 atom stereocenters. The summed E-state index contributed by atoms with van der Waals surface area (Å²) in [5.41, 5.74) is 0. The van der Waals surface area contributed by atoms with Crippen molar-refractivity contribution in [3.63, 3.8) is 0 Å². The van der Waals surface area contributed by atoms with Gasteiger partial charge in [-0.05, 0) is 0 Å². The molecule has 0 radical (unpaired) electrons. The summed E-state index contributed by atoms with van der Waals surface area (Å²) >= 11 is 0. The predicted molar refractivity (Wildman–Crippen MR) is 38.9 cm³/mol. The minimum atomic E-state index is -4.50. The maximum atomic E-state index is 11.5. The summed E-state index contributed by atoms with van der Waals surface area (Å²) in [6.45, 7) is -1.48. The summed E-state index contributed by atoms with van der Waals surface area (Å²) < 4.78 is 38.2. The van der Waals surface area contributed by atoms with Gasteiger partial charge >= 0.3 is 12.3 Å². The lowest BCUT2D eigenvalue weighted by molar-refractivity contribution is -0.160. The molecule has 0 bridgehead atoms. The van der Waals surface area contributed by atoms with E-state index in [-0.39, 0.29) is 13.0 Å². The Labute approximate surface area is 73.2 Å². The van der Waals surface area contributed by atoms with Gasteiger partial charge in [0.2, 0.25) is 0 Å². The largest absolute Gasteiger partial charge is 0.440 e. The van der Waals surface area contributed by atoms with E-state index < -0.39 is 18.9 Å². The van der Waals surface area contributed by atoms with Gasteiger partial charge in [0.25, 0.3) is 0 Å². The number of terminal acetylenes is 1. The Hall–Kier alpha value is -1.38. The monoisotopic (exact) mass is 195 g/mol. The van der Waals surface area contributed by atoms with E-state index in [9.17, 15) is 18.0 Å². The van der Waals surface area contributed by atoms with Crippen LogP contribution in [0.1, 0.15) is 6.42 Å². The summed E-state index contributed by atoms with van der Waals surface area (Å²) in [5.74, 6) is 2.20. The lowest BCUT2D eigenvalue weighted by Gasteiger charge is -2.07. The zero-order valence-electron chi connectivity index (χ0n) is 6.65. The van der Waals surface area contributed by atoms with Gasteiger partial charge in [-0.3, -0.25) is 0 Å². The number of alkyl carbamates (subject to hydrolysis) is 1. The van der Waals surface area contributed by atoms with Crippen LogP contribution in [0.3, 0.4) is 0 Å². The number of carbonyl (C=O) groups is 1. The SMILES string of the molecule is C#CCCNC(=O)OCC(F)(F)F. The Kier molecular flexibility index (Phi) is 4.74. The standard InChI is InChI=1S/C7H8F3NO2/c1-2-3-4-11-6(12)13-5-7(8,9)10/h1H,3-5H2,(H,11,12). The van der Waals surface area contributed by atoms with Crippen LogP contribution in [0, 0.1) is 12.3 Å². The molecule has 0 aliphatic heterocycles. The van der Waals surface area contributed by atoms with Gasteiger partial charge in [-0.25, -0.2) is 4.79 Å². The van der Waals surface area contributed by atoms with Crippen LogP contribution in [0.4, 0.5) is 18.0 Å². The smallest absolute Gasteiger partial charge is 0.422 e. The Morgan fingerprint density at radius 3 is 2.62 bits per heavy atom. The number of rotatable bonds is 3. The molecule has 0 aromatic carbocycles. The highest BCUT2D eigenvalue weighted by Crippen LogP contribution is 2.14. The molecule has 0 fully saturated rings. The van der Waals surface area contributed by atoms with Crippen LogP contribution in [-0.4, -0.2) is 25.4 Å². The van der Waals surface area contributed by atoms with Crippen LogP contribution in [0.5, 0.6) is 0 Å². The van der Waals surface area contributed by atoms with E-state index in [1.807, 2.05) is 0 Å². The average Bonchev–Trinajstić information content (AvgIpc) is 2.00. The fourth-order valence-electron chi connectivity index (χ4n) is 0.435. The topological polar surface area (TPSA) is 38.3 Å². The molecule has 0 aliphatic rings. The maximum Gasteiger partial charge on any atom is 0.422 e. The highest BCUT2D eigenvalue weighted by molar-refractivity contribution is 5.67. The van der Waals surface area contributed by atoms with Gasteiger partial charge in [0, 0.05) is 13.0 Å². The van der Waals surface area contributed by atoms with Crippen LogP contribution >= 0.6 is 0 Å². The second-order valence-electron chi connectivity index (χ2n) is 2.07. The van der Waals surface area contributed by atoms with Crippen molar-refractivity contribution >= 4 is 6.09 Å². The molecule has 1 N–H and O–H groups in total. The van der Waals surface area contributed by atoms with E-state index in [1.54, 1.807) is 0 Å². The fourth-order valence-corrected chi connectivity index (χ4v) is 0.435. The molecule has 0 aliphatic carbocycles. The lowest BCUT2D eigenvalue weighted by atomic mass is 10.4. The third-order valence-corrected chi connectivity index (χ3v) is 0.906. The fraction of sp³-hybridized carbons (Fsp3) is 0.571. The van der Waals surface area contributed by atoms with Gasteiger partial charge in [0.05, 0.1) is 0 Å². The molecule has 0 saturated carbocycles. The molecule has 0 spiro atoms. The Bertz CT molecular complexity index is 207. The second-order valence-corrected chi connectivity index (χ2v) is 2.07. The van der Waals surface area contributed by atoms with Crippen molar-refractivity contribution in [3.05, 3.63) is 0 Å². The second kappa shape index (κ2) is 5.30. The number of alkyl halides is 3. The first-order valence-corrected chi connectivity index (χ1v) is 3.36. The van der Waals surface area contributed by atoms with E-state index in [2.05, 4.69) is 16.0 Å². The molecule has 6 heteroatoms. The summed E-state index contributed by atoms with van der Waals surface area (Å²) in [6.07, 6.45) is -0.528. The van der Waals surface area contributed by atoms with Crippen molar-refractivity contribution in [2.24, 2.45) is 0 Å². The Balaban J connectivity index is 3.48. The van der Waals surface area contributed by atoms with Gasteiger partial charge in [-0.15, -0.1) is 12.3 Å². The van der Waals surface area contributed by atoms with Crippen LogP contribution in [0.15, 0.2) is 0 Å². The van der Waals surface area contributed by atoms with Crippen LogP contribution in [-0.2, 0) is 4.74 Å². The number of carbonyl (C=O) groups excluding carboxylic acids is 1. The lowest BCUT2D eigenvalue weighted by Crippen LogP contribution is -2.29. The van der Waals surface area contributed by atoms with Gasteiger partial charge in [0.1, 0.15) is 0 Å². The van der Waals surface area contributed by atoms with Crippen molar-refractivity contribution in [3.8, 4) is 12.3 Å². The van der Waals surface area contributed by atoms with E-state index in [1.165, 1.54) is 0 Å². The van der Waals surface area contributed by atoms with Crippen LogP contribution in [0.2, 0.25) is 0 Å². The van der Waals surface area contributed by atoms with Gasteiger partial charge in [0.15, 0.2) is 6.61 Å². The first-order valence-electron chi connectivity index (χ1n) is 3.36. The third-order valence-electron chi connectivity index (χ3n) is 0.906. The summed E-state index contributed by atoms with van der Waals surface area (Å²) in [5, 5.41) is 2.05. The molecule has 0 unspecified atom stereocenters. The zero-order chi connectivity index (χ0) is 10.3. The molecule has 1 amide bonds. The third kappa shape index (κ3) is 8.53. The average molecular weight is 195 g/mol. The van der Waals surface area contributed by atoms with Crippen molar-refractivity contribution in [2.45, 2.75) is 12.6 Å². The quantitative estimate of drug-likeness (QED) is 0.544. The number of ether oxygens (including phenoxy) is 1. The molecule has 0 saturated heterocycles. The van der Waals surface area contributed by atoms with Crippen LogP contribution in [0.25, 0.3) is 0 Å². The highest BCUT2D eigenvalue weighted by atomic mass is 19.4. The molecule has 0 aromatic rings. The summed E-state index contributed by atoms with van der Waals surface area (Å²) in [7, 11) is 0. The number of hydrogen-bond acceptors (Lipinski definition) is 2. The molecule has 0 aromatic heterocycles. The number of halogens is 3. The number of nitrogens with one attached hydrogen (secondary N) is 1. The van der Waals surface area contributed by atoms with E-state index in [4.69, 9.17) is 6.42 Å². The summed E-state index contributed by atoms with van der Waals surface area (Å²) in [6, 6.07) is 0. The van der Waals surface area contributed by atoms with E-state index in [0.717, 1.165) is 0 Å². The normalized spacial score (nSPS) is 10.3. The Morgan fingerprint density at radius 2 is 2.15 bits per heavy atom. The van der Waals surface area contributed by atoms with E-state index >= 15 is 0 Å². The minimum Gasteiger partial charge on any atom is -0.440 e. The van der Waals surface area contributed by atoms with Crippen molar-refractivity contribution in [1.82, 2.24) is 5.32 Å². The van der Waals surface area contributed by atoms with Crippen LogP contribution < -0.4 is 5.32 Å². The number of amides is 1. The first-order chi connectivity index (χ1) is 5.95. The molecular formula is C7H8F3NO2. The highest BCUT2D eigenvalue weighted by Gasteiger charge is 2.29. The molecule has 74 valence electrons. The molecule has 13 heavy (non-hydrogen) atoms. The van der Waals surface area contributed by atoms with Gasteiger partial charge in [-0.2, -0.15) is 13.2 Å². The van der Waals surface area contributed by atoms with Gasteiger partial charge < -0.3 is 10.1 Å². The van der Waals surface area contributed by atoms with Crippen molar-refractivity contribution < 1.29 is 22.7 Å². The first kappa shape index (κ1) is 11.6. The predicted octanol–water partition coefficient (Wildman–Crippen LogP) is 1.30. The van der Waals surface area contributed by atoms with Gasteiger partial charge in [-0.1, -0.05) is 0 Å². The minimum absolute atomic E-state index is 0.104. The maximum absolute atomic E-state index is 11.5. The van der Waals surface area contributed by atoms with E-state index in [0.29, 0.717) is 0 Å². The zero-order valence-corrected chi connectivity index (χ0v) is 6.65. The molecule has 0 heterocycles. The molecular weight excluding hydrogens is 187 g/mol. The number of hydrogen-bond donors (Lipinski definition) is 1. The molecule has 3 nitrogen and oxygen atoms in total. The summed E-state index contributed by atoms with van der Waals surface area (Å²) in [4.78, 5) is 10.5. The van der Waals surface area contributed by atoms with Crippen molar-refractivity contribution in [1.29, 1.82) is 0 Å². The Morgan fingerprint density at radius 1 is 1.54 bits per heavy atom. The van der Waals surface area contributed by atoms with Crippen molar-refractivity contribution in [2.75, 3.05) is 13.2 Å².